The molecule has 0 aliphatic carbocycles. The van der Waals surface area contributed by atoms with Gasteiger partial charge in [0.1, 0.15) is 15.2 Å². The van der Waals surface area contributed by atoms with Gasteiger partial charge in [-0.2, -0.15) is 0 Å². The summed E-state index contributed by atoms with van der Waals surface area (Å²) in [7, 11) is 0. The van der Waals surface area contributed by atoms with Crippen LogP contribution in [0.25, 0.3) is 10.3 Å². The SMILES string of the molecule is Cc1cc(NC(=O)c2sc3nccnc3c2N)ccc1Br. The topological polar surface area (TPSA) is 80.9 Å². The number of hydrogen-bond acceptors (Lipinski definition) is 5. The molecule has 5 nitrogen and oxygen atoms in total. The predicted octanol–water partition coefficient (Wildman–Crippen LogP) is 3.60. The summed E-state index contributed by atoms with van der Waals surface area (Å²) in [5.41, 5.74) is 8.69. The lowest BCUT2D eigenvalue weighted by Gasteiger charge is -2.06. The number of nitrogens with two attached hydrogens (primary N) is 1. The number of fused-ring (bicyclic) bond motifs is 1. The van der Waals surface area contributed by atoms with Crippen molar-refractivity contribution in [3.05, 3.63) is 45.5 Å². The number of amides is 1. The maximum Gasteiger partial charge on any atom is 0.268 e. The second-order valence-corrected chi connectivity index (χ2v) is 6.33. The molecule has 0 saturated heterocycles. The van der Waals surface area contributed by atoms with Crippen LogP contribution in [0.4, 0.5) is 11.4 Å². The van der Waals surface area contributed by atoms with Crippen molar-refractivity contribution in [3.8, 4) is 0 Å². The molecule has 0 atom stereocenters. The monoisotopic (exact) mass is 362 g/mol. The van der Waals surface area contributed by atoms with Crippen LogP contribution in [0.5, 0.6) is 0 Å². The number of halogens is 1. The number of nitrogen functional groups attached to an aromatic ring is 1. The summed E-state index contributed by atoms with van der Waals surface area (Å²) < 4.78 is 0.996. The maximum atomic E-state index is 12.4. The molecule has 0 saturated carbocycles. The Morgan fingerprint density at radius 3 is 2.81 bits per heavy atom. The minimum Gasteiger partial charge on any atom is -0.396 e. The number of benzene rings is 1. The quantitative estimate of drug-likeness (QED) is 0.729. The number of nitrogens with one attached hydrogen (secondary N) is 1. The summed E-state index contributed by atoms with van der Waals surface area (Å²) >= 11 is 4.67. The number of aromatic nitrogens is 2. The molecule has 1 amide bonds. The molecule has 0 bridgehead atoms. The summed E-state index contributed by atoms with van der Waals surface area (Å²) in [6.07, 6.45) is 3.14. The molecule has 0 fully saturated rings. The number of carbonyl (C=O) groups is 1. The average Bonchev–Trinajstić information content (AvgIpc) is 2.81. The fraction of sp³-hybridized carbons (Fsp3) is 0.0714. The number of rotatable bonds is 2. The number of hydrogen-bond donors (Lipinski definition) is 2. The maximum absolute atomic E-state index is 12.4. The first-order valence-corrected chi connectivity index (χ1v) is 7.73. The third-order valence-electron chi connectivity index (χ3n) is 2.99. The van der Waals surface area contributed by atoms with Gasteiger partial charge in [-0.05, 0) is 30.7 Å². The Balaban J connectivity index is 1.93. The normalized spacial score (nSPS) is 10.8. The summed E-state index contributed by atoms with van der Waals surface area (Å²) in [6.45, 7) is 1.96. The first-order chi connectivity index (χ1) is 10.1. The van der Waals surface area contributed by atoms with Crippen LogP contribution in [-0.4, -0.2) is 15.9 Å². The Morgan fingerprint density at radius 2 is 2.10 bits per heavy atom. The third-order valence-corrected chi connectivity index (χ3v) is 4.98. The highest BCUT2D eigenvalue weighted by Crippen LogP contribution is 2.31. The lowest BCUT2D eigenvalue weighted by Crippen LogP contribution is -2.12. The van der Waals surface area contributed by atoms with Gasteiger partial charge in [0.2, 0.25) is 0 Å². The Morgan fingerprint density at radius 1 is 1.33 bits per heavy atom. The Hall–Kier alpha value is -1.99. The lowest BCUT2D eigenvalue weighted by molar-refractivity contribution is 0.103. The summed E-state index contributed by atoms with van der Waals surface area (Å²) in [5.74, 6) is -0.251. The second kappa shape index (κ2) is 5.42. The summed E-state index contributed by atoms with van der Waals surface area (Å²) in [6, 6.07) is 5.61. The van der Waals surface area contributed by atoms with Crippen LogP contribution in [0.1, 0.15) is 15.2 Å². The number of nitrogens with zero attached hydrogens (tertiary/aromatic N) is 2. The molecule has 0 aliphatic heterocycles. The van der Waals surface area contributed by atoms with Crippen LogP contribution in [0, 0.1) is 6.92 Å². The van der Waals surface area contributed by atoms with E-state index in [1.165, 1.54) is 11.3 Å². The zero-order valence-electron chi connectivity index (χ0n) is 11.1. The van der Waals surface area contributed by atoms with Crippen molar-refractivity contribution in [1.29, 1.82) is 0 Å². The van der Waals surface area contributed by atoms with E-state index in [0.29, 0.717) is 20.9 Å². The predicted molar refractivity (Wildman–Crippen MR) is 88.7 cm³/mol. The van der Waals surface area contributed by atoms with Gasteiger partial charge in [0.25, 0.3) is 5.91 Å². The van der Waals surface area contributed by atoms with Crippen molar-refractivity contribution < 1.29 is 4.79 Å². The van der Waals surface area contributed by atoms with Crippen molar-refractivity contribution in [2.24, 2.45) is 0 Å². The molecule has 0 unspecified atom stereocenters. The van der Waals surface area contributed by atoms with E-state index in [0.717, 1.165) is 15.7 Å². The molecular weight excluding hydrogens is 352 g/mol. The zero-order chi connectivity index (χ0) is 15.0. The fourth-order valence-electron chi connectivity index (χ4n) is 1.92. The van der Waals surface area contributed by atoms with Crippen molar-refractivity contribution in [2.45, 2.75) is 6.92 Å². The number of anilines is 2. The smallest absolute Gasteiger partial charge is 0.268 e. The van der Waals surface area contributed by atoms with Gasteiger partial charge >= 0.3 is 0 Å². The molecule has 3 rings (SSSR count). The van der Waals surface area contributed by atoms with Gasteiger partial charge in [-0.15, -0.1) is 11.3 Å². The highest BCUT2D eigenvalue weighted by Gasteiger charge is 2.18. The fourth-order valence-corrected chi connectivity index (χ4v) is 3.09. The molecule has 3 N–H and O–H groups in total. The summed E-state index contributed by atoms with van der Waals surface area (Å²) in [4.78, 5) is 21.8. The molecule has 106 valence electrons. The van der Waals surface area contributed by atoms with Gasteiger partial charge in [0.15, 0.2) is 0 Å². The molecule has 0 spiro atoms. The van der Waals surface area contributed by atoms with E-state index in [1.54, 1.807) is 12.4 Å². The van der Waals surface area contributed by atoms with E-state index in [2.05, 4.69) is 31.2 Å². The highest BCUT2D eigenvalue weighted by molar-refractivity contribution is 9.10. The van der Waals surface area contributed by atoms with Gasteiger partial charge < -0.3 is 11.1 Å². The molecule has 3 aromatic rings. The van der Waals surface area contributed by atoms with E-state index in [9.17, 15) is 4.79 Å². The van der Waals surface area contributed by atoms with Gasteiger partial charge in [-0.1, -0.05) is 15.9 Å². The molecular formula is C14H11BrN4OS. The molecule has 2 heterocycles. The molecule has 7 heteroatoms. The first-order valence-electron chi connectivity index (χ1n) is 6.13. The van der Waals surface area contributed by atoms with Crippen LogP contribution < -0.4 is 11.1 Å². The van der Waals surface area contributed by atoms with Crippen LogP contribution in [0.15, 0.2) is 35.1 Å². The Bertz CT molecular complexity index is 846. The number of thiophene rings is 1. The zero-order valence-corrected chi connectivity index (χ0v) is 13.5. The van der Waals surface area contributed by atoms with Crippen LogP contribution in [0.2, 0.25) is 0 Å². The first kappa shape index (κ1) is 14.0. The minimum atomic E-state index is -0.251. The van der Waals surface area contributed by atoms with Crippen molar-refractivity contribution in [3.63, 3.8) is 0 Å². The van der Waals surface area contributed by atoms with Crippen LogP contribution in [-0.2, 0) is 0 Å². The van der Waals surface area contributed by atoms with E-state index < -0.39 is 0 Å². The van der Waals surface area contributed by atoms with E-state index >= 15 is 0 Å². The van der Waals surface area contributed by atoms with E-state index in [-0.39, 0.29) is 5.91 Å². The van der Waals surface area contributed by atoms with Gasteiger partial charge in [0.05, 0.1) is 5.69 Å². The molecule has 1 aromatic carbocycles. The Labute approximate surface area is 133 Å². The second-order valence-electron chi connectivity index (χ2n) is 4.47. The minimum absolute atomic E-state index is 0.251. The van der Waals surface area contributed by atoms with E-state index in [4.69, 9.17) is 5.73 Å². The van der Waals surface area contributed by atoms with E-state index in [1.807, 2.05) is 25.1 Å². The van der Waals surface area contributed by atoms with Gasteiger partial charge in [0, 0.05) is 22.6 Å². The lowest BCUT2D eigenvalue weighted by atomic mass is 10.2. The average molecular weight is 363 g/mol. The third kappa shape index (κ3) is 2.62. The molecule has 2 aromatic heterocycles. The molecule has 21 heavy (non-hydrogen) atoms. The summed E-state index contributed by atoms with van der Waals surface area (Å²) in [5, 5.41) is 2.84. The number of carbonyl (C=O) groups excluding carboxylic acids is 1. The largest absolute Gasteiger partial charge is 0.396 e. The molecule has 0 aliphatic rings. The van der Waals surface area contributed by atoms with Crippen molar-refractivity contribution in [1.82, 2.24) is 9.97 Å². The Kier molecular flexibility index (Phi) is 3.60. The van der Waals surface area contributed by atoms with Crippen LogP contribution >= 0.6 is 27.3 Å². The van der Waals surface area contributed by atoms with Crippen LogP contribution in [0.3, 0.4) is 0 Å². The van der Waals surface area contributed by atoms with Crippen molar-refractivity contribution in [2.75, 3.05) is 11.1 Å². The molecule has 0 radical (unpaired) electrons. The standard InChI is InChI=1S/C14H11BrN4OS/c1-7-6-8(2-3-9(7)15)19-13(20)12-10(16)11-14(21-12)18-5-4-17-11/h2-6H,16H2,1H3,(H,19,20). The van der Waals surface area contributed by atoms with Gasteiger partial charge in [-0.3, -0.25) is 4.79 Å². The van der Waals surface area contributed by atoms with Gasteiger partial charge in [-0.25, -0.2) is 9.97 Å². The number of aryl methyl sites for hydroxylation is 1. The van der Waals surface area contributed by atoms with Crippen molar-refractivity contribution >= 4 is 54.9 Å². The highest BCUT2D eigenvalue weighted by atomic mass is 79.9.